The SMILES string of the molecule is CC1(C)c2ccccc2N2c3cc(-c4ccccc4)cc(-c4cccc5c6c([nH]c45)-c4ccccc4C6(C)C)c3Bc3cccc1c32. The standard InChI is InChI=1S/C44H35BN2/c1-43(2)33-20-10-11-23-36(33)47-37-25-27(26-14-6-5-7-15-26)24-31(39(37)45-35-22-13-21-34(43)42(35)47)28-17-12-18-30-38-41(46-40(28)30)29-16-8-9-19-32(29)44(38,3)4/h5-25,45-46H,1-4H3. The Morgan fingerprint density at radius 3 is 2.11 bits per heavy atom. The Labute approximate surface area is 277 Å². The van der Waals surface area contributed by atoms with Gasteiger partial charge in [-0.25, -0.2) is 0 Å². The molecule has 0 spiro atoms. The number of aromatic amines is 1. The van der Waals surface area contributed by atoms with Crippen LogP contribution in [0.25, 0.3) is 44.4 Å². The summed E-state index contributed by atoms with van der Waals surface area (Å²) in [5.41, 5.74) is 21.0. The van der Waals surface area contributed by atoms with Crippen LogP contribution in [0.15, 0.2) is 127 Å². The Balaban J connectivity index is 1.29. The maximum absolute atomic E-state index is 4.00. The maximum Gasteiger partial charge on any atom is 0.198 e. The van der Waals surface area contributed by atoms with E-state index in [1.807, 2.05) is 0 Å². The molecule has 6 aromatic carbocycles. The van der Waals surface area contributed by atoms with Gasteiger partial charge in [-0.1, -0.05) is 142 Å². The van der Waals surface area contributed by atoms with Crippen LogP contribution in [0.1, 0.15) is 49.9 Å². The zero-order valence-electron chi connectivity index (χ0n) is 27.3. The minimum atomic E-state index is -0.0880. The Morgan fingerprint density at radius 1 is 0.553 bits per heavy atom. The summed E-state index contributed by atoms with van der Waals surface area (Å²) in [6, 6.07) is 47.6. The number of rotatable bonds is 2. The highest BCUT2D eigenvalue weighted by Gasteiger charge is 2.42. The van der Waals surface area contributed by atoms with Gasteiger partial charge in [0.15, 0.2) is 7.28 Å². The molecule has 3 heteroatoms. The van der Waals surface area contributed by atoms with E-state index in [1.165, 1.54) is 94.7 Å². The highest BCUT2D eigenvalue weighted by atomic mass is 15.2. The summed E-state index contributed by atoms with van der Waals surface area (Å²) in [6.07, 6.45) is 0. The molecule has 7 aromatic rings. The molecule has 0 unspecified atom stereocenters. The van der Waals surface area contributed by atoms with Crippen LogP contribution >= 0.6 is 0 Å². The third-order valence-electron chi connectivity index (χ3n) is 11.4. The Bertz CT molecular complexity index is 2450. The molecule has 2 nitrogen and oxygen atoms in total. The molecule has 47 heavy (non-hydrogen) atoms. The number of anilines is 3. The lowest BCUT2D eigenvalue weighted by Gasteiger charge is -2.46. The fraction of sp³-hybridized carbons (Fsp3) is 0.136. The quantitative estimate of drug-likeness (QED) is 0.195. The summed E-state index contributed by atoms with van der Waals surface area (Å²) in [4.78, 5) is 6.58. The summed E-state index contributed by atoms with van der Waals surface area (Å²) in [5, 5.41) is 1.32. The van der Waals surface area contributed by atoms with E-state index in [1.54, 1.807) is 0 Å². The average molecular weight is 603 g/mol. The molecular formula is C44H35BN2. The van der Waals surface area contributed by atoms with Crippen LogP contribution in [0.2, 0.25) is 0 Å². The number of nitrogens with zero attached hydrogens (tertiary/aromatic N) is 1. The van der Waals surface area contributed by atoms with Crippen molar-refractivity contribution in [2.45, 2.75) is 38.5 Å². The third kappa shape index (κ3) is 3.47. The van der Waals surface area contributed by atoms with Gasteiger partial charge in [0.1, 0.15) is 0 Å². The highest BCUT2D eigenvalue weighted by molar-refractivity contribution is 6.73. The normalized spacial score (nSPS) is 15.7. The van der Waals surface area contributed by atoms with Crippen LogP contribution in [0.5, 0.6) is 0 Å². The lowest BCUT2D eigenvalue weighted by Crippen LogP contribution is -2.45. The lowest BCUT2D eigenvalue weighted by atomic mass is 9.55. The van der Waals surface area contributed by atoms with Crippen molar-refractivity contribution in [2.75, 3.05) is 4.90 Å². The number of hydrogen-bond donors (Lipinski definition) is 1. The van der Waals surface area contributed by atoms with Crippen molar-refractivity contribution in [1.82, 2.24) is 4.98 Å². The lowest BCUT2D eigenvalue weighted by molar-refractivity contribution is 0.632. The van der Waals surface area contributed by atoms with Gasteiger partial charge < -0.3 is 9.88 Å². The van der Waals surface area contributed by atoms with Crippen LogP contribution in [0.3, 0.4) is 0 Å². The molecule has 0 atom stereocenters. The largest absolute Gasteiger partial charge is 0.354 e. The Hall–Kier alpha value is -5.28. The molecule has 0 fully saturated rings. The third-order valence-corrected chi connectivity index (χ3v) is 11.4. The summed E-state index contributed by atoms with van der Waals surface area (Å²) in [6.45, 7) is 9.51. The fourth-order valence-electron chi connectivity index (χ4n) is 9.16. The first kappa shape index (κ1) is 26.9. The summed E-state index contributed by atoms with van der Waals surface area (Å²) in [5.74, 6) is 0. The van der Waals surface area contributed by atoms with Gasteiger partial charge in [-0.2, -0.15) is 0 Å². The first-order chi connectivity index (χ1) is 22.8. The molecule has 3 heterocycles. The molecule has 1 N–H and O–H groups in total. The van der Waals surface area contributed by atoms with Crippen LogP contribution < -0.4 is 15.8 Å². The molecule has 0 saturated heterocycles. The second-order valence-corrected chi connectivity index (χ2v) is 14.6. The van der Waals surface area contributed by atoms with E-state index in [-0.39, 0.29) is 10.8 Å². The molecule has 0 bridgehead atoms. The first-order valence-electron chi connectivity index (χ1n) is 16.8. The highest BCUT2D eigenvalue weighted by Crippen LogP contribution is 2.54. The molecule has 10 rings (SSSR count). The smallest absolute Gasteiger partial charge is 0.198 e. The molecule has 1 aliphatic carbocycles. The van der Waals surface area contributed by atoms with Crippen LogP contribution in [-0.4, -0.2) is 12.3 Å². The number of nitrogens with one attached hydrogen (secondary N) is 1. The zero-order chi connectivity index (χ0) is 31.7. The second kappa shape index (κ2) is 9.17. The van der Waals surface area contributed by atoms with Gasteiger partial charge in [0, 0.05) is 38.7 Å². The molecule has 3 aliphatic rings. The van der Waals surface area contributed by atoms with Crippen molar-refractivity contribution in [3.8, 4) is 33.5 Å². The molecule has 0 radical (unpaired) electrons. The van der Waals surface area contributed by atoms with Crippen molar-refractivity contribution in [1.29, 1.82) is 0 Å². The van der Waals surface area contributed by atoms with E-state index in [9.17, 15) is 0 Å². The predicted molar refractivity (Wildman–Crippen MR) is 200 cm³/mol. The van der Waals surface area contributed by atoms with Gasteiger partial charge in [0.05, 0.1) is 16.9 Å². The van der Waals surface area contributed by atoms with Crippen molar-refractivity contribution in [3.63, 3.8) is 0 Å². The van der Waals surface area contributed by atoms with Gasteiger partial charge >= 0.3 is 0 Å². The van der Waals surface area contributed by atoms with E-state index in [0.717, 1.165) is 7.28 Å². The Kier molecular flexibility index (Phi) is 5.25. The van der Waals surface area contributed by atoms with Crippen molar-refractivity contribution >= 4 is 46.2 Å². The van der Waals surface area contributed by atoms with Crippen molar-refractivity contribution < 1.29 is 0 Å². The minimum Gasteiger partial charge on any atom is -0.354 e. The van der Waals surface area contributed by atoms with Crippen LogP contribution in [0.4, 0.5) is 17.1 Å². The number of para-hydroxylation sites is 3. The summed E-state index contributed by atoms with van der Waals surface area (Å²) >= 11 is 0. The van der Waals surface area contributed by atoms with Crippen molar-refractivity contribution in [2.24, 2.45) is 0 Å². The number of H-pyrrole nitrogens is 1. The molecule has 0 saturated carbocycles. The zero-order valence-corrected chi connectivity index (χ0v) is 27.3. The van der Waals surface area contributed by atoms with Gasteiger partial charge in [-0.05, 0) is 62.6 Å². The number of benzene rings is 6. The predicted octanol–water partition coefficient (Wildman–Crippen LogP) is 9.62. The number of fused-ring (bicyclic) bond motifs is 9. The number of aromatic nitrogens is 1. The van der Waals surface area contributed by atoms with Gasteiger partial charge in [0.25, 0.3) is 0 Å². The van der Waals surface area contributed by atoms with E-state index >= 15 is 0 Å². The van der Waals surface area contributed by atoms with Crippen LogP contribution in [0, 0.1) is 0 Å². The molecule has 224 valence electrons. The maximum atomic E-state index is 4.00. The van der Waals surface area contributed by atoms with Gasteiger partial charge in [0.2, 0.25) is 0 Å². The van der Waals surface area contributed by atoms with Gasteiger partial charge in [-0.3, -0.25) is 0 Å². The topological polar surface area (TPSA) is 19.0 Å². The number of hydrogen-bond acceptors (Lipinski definition) is 1. The summed E-state index contributed by atoms with van der Waals surface area (Å²) in [7, 11) is 0.892. The Morgan fingerprint density at radius 2 is 1.26 bits per heavy atom. The average Bonchev–Trinajstić information content (AvgIpc) is 3.60. The van der Waals surface area contributed by atoms with E-state index < -0.39 is 0 Å². The fourth-order valence-corrected chi connectivity index (χ4v) is 9.16. The van der Waals surface area contributed by atoms with E-state index in [4.69, 9.17) is 0 Å². The first-order valence-corrected chi connectivity index (χ1v) is 16.8. The monoisotopic (exact) mass is 602 g/mol. The van der Waals surface area contributed by atoms with Crippen LogP contribution in [-0.2, 0) is 10.8 Å². The molecule has 0 amide bonds. The summed E-state index contributed by atoms with van der Waals surface area (Å²) < 4.78 is 0. The molecule has 2 aliphatic heterocycles. The molecule has 1 aromatic heterocycles. The van der Waals surface area contributed by atoms with Gasteiger partial charge in [-0.15, -0.1) is 0 Å². The van der Waals surface area contributed by atoms with E-state index in [0.29, 0.717) is 0 Å². The molecular weight excluding hydrogens is 567 g/mol. The second-order valence-electron chi connectivity index (χ2n) is 14.6. The minimum absolute atomic E-state index is 0.0756. The van der Waals surface area contributed by atoms with Crippen molar-refractivity contribution in [3.05, 3.63) is 150 Å². The van der Waals surface area contributed by atoms with E-state index in [2.05, 4.69) is 165 Å².